The number of nitrogens with two attached hydrogens (primary N) is 1. The number of thiazole rings is 1. The van der Waals surface area contributed by atoms with Crippen LogP contribution in [0.2, 0.25) is 0 Å². The second-order valence-electron chi connectivity index (χ2n) is 4.67. The summed E-state index contributed by atoms with van der Waals surface area (Å²) in [6.45, 7) is 1.98. The van der Waals surface area contributed by atoms with Crippen LogP contribution in [0.25, 0.3) is 10.2 Å². The number of nitrogen functional groups attached to an aromatic ring is 1. The fourth-order valence-electron chi connectivity index (χ4n) is 2.06. The molecule has 0 spiro atoms. The lowest BCUT2D eigenvalue weighted by Gasteiger charge is -2.07. The first-order valence-corrected chi connectivity index (χ1v) is 7.33. The summed E-state index contributed by atoms with van der Waals surface area (Å²) in [4.78, 5) is 16.5. The van der Waals surface area contributed by atoms with Gasteiger partial charge in [-0.15, -0.1) is 11.3 Å². The number of hydrogen-bond donors (Lipinski definition) is 1. The summed E-state index contributed by atoms with van der Waals surface area (Å²) in [5.41, 5.74) is 8.55. The molecule has 1 aromatic heterocycles. The molecule has 0 bridgehead atoms. The molecular weight excluding hydrogens is 284 g/mol. The van der Waals surface area contributed by atoms with E-state index >= 15 is 0 Å². The van der Waals surface area contributed by atoms with E-state index in [9.17, 15) is 4.79 Å². The van der Waals surface area contributed by atoms with Gasteiger partial charge < -0.3 is 10.5 Å². The molecule has 1 heterocycles. The minimum absolute atomic E-state index is 0.173. The third-order valence-electron chi connectivity index (χ3n) is 3.26. The molecule has 0 fully saturated rings. The number of fused-ring (bicyclic) bond motifs is 1. The molecule has 0 unspecified atom stereocenters. The predicted molar refractivity (Wildman–Crippen MR) is 84.3 cm³/mol. The molecule has 0 aliphatic rings. The summed E-state index contributed by atoms with van der Waals surface area (Å²) >= 11 is 1.53. The molecule has 4 nitrogen and oxygen atoms in total. The fraction of sp³-hybridized carbons (Fsp3) is 0.125. The zero-order valence-corrected chi connectivity index (χ0v) is 12.3. The van der Waals surface area contributed by atoms with Crippen LogP contribution < -0.4 is 5.73 Å². The number of hydrogen-bond acceptors (Lipinski definition) is 5. The Hall–Kier alpha value is -2.40. The minimum Gasteiger partial charge on any atom is -0.455 e. The predicted octanol–water partition coefficient (Wildman–Crippen LogP) is 3.54. The molecule has 0 saturated carbocycles. The number of carbonyl (C=O) groups excluding carboxylic acids is 1. The maximum atomic E-state index is 12.1. The Bertz CT molecular complexity index is 778. The summed E-state index contributed by atoms with van der Waals surface area (Å²) < 4.78 is 6.42. The highest BCUT2D eigenvalue weighted by molar-refractivity contribution is 7.18. The molecule has 2 N–H and O–H groups in total. The Balaban J connectivity index is 1.75. The molecule has 0 aliphatic carbocycles. The zero-order chi connectivity index (χ0) is 14.8. The third-order valence-corrected chi connectivity index (χ3v) is 4.27. The van der Waals surface area contributed by atoms with Gasteiger partial charge in [0.1, 0.15) is 11.6 Å². The zero-order valence-electron chi connectivity index (χ0n) is 11.5. The third kappa shape index (κ3) is 2.73. The maximum Gasteiger partial charge on any atom is 0.338 e. The van der Waals surface area contributed by atoms with Crippen molar-refractivity contribution in [3.63, 3.8) is 0 Å². The molecule has 0 saturated heterocycles. The number of carbonyl (C=O) groups is 1. The second-order valence-corrected chi connectivity index (χ2v) is 5.79. The van der Waals surface area contributed by atoms with Crippen molar-refractivity contribution >= 4 is 33.2 Å². The number of rotatable bonds is 3. The smallest absolute Gasteiger partial charge is 0.338 e. The van der Waals surface area contributed by atoms with Crippen LogP contribution in [-0.4, -0.2) is 11.0 Å². The molecule has 2 aromatic carbocycles. The molecule has 5 heteroatoms. The van der Waals surface area contributed by atoms with E-state index in [1.165, 1.54) is 11.3 Å². The topological polar surface area (TPSA) is 65.2 Å². The Morgan fingerprint density at radius 1 is 1.24 bits per heavy atom. The summed E-state index contributed by atoms with van der Waals surface area (Å²) in [6, 6.07) is 13.1. The van der Waals surface area contributed by atoms with E-state index in [1.807, 2.05) is 31.2 Å². The van der Waals surface area contributed by atoms with Crippen molar-refractivity contribution in [1.29, 1.82) is 0 Å². The molecule has 106 valence electrons. The van der Waals surface area contributed by atoms with Gasteiger partial charge in [0.05, 0.1) is 15.8 Å². The number of esters is 1. The largest absolute Gasteiger partial charge is 0.455 e. The van der Waals surface area contributed by atoms with Crippen molar-refractivity contribution in [3.05, 3.63) is 58.6 Å². The van der Waals surface area contributed by atoms with Gasteiger partial charge >= 0.3 is 5.97 Å². The first-order valence-electron chi connectivity index (χ1n) is 6.52. The number of nitrogens with zero attached hydrogens (tertiary/aromatic N) is 1. The summed E-state index contributed by atoms with van der Waals surface area (Å²) in [5, 5.41) is 0.783. The van der Waals surface area contributed by atoms with Crippen LogP contribution in [0.5, 0.6) is 0 Å². The van der Waals surface area contributed by atoms with E-state index in [1.54, 1.807) is 18.2 Å². The van der Waals surface area contributed by atoms with E-state index in [-0.39, 0.29) is 12.6 Å². The van der Waals surface area contributed by atoms with Gasteiger partial charge in [-0.25, -0.2) is 9.78 Å². The van der Waals surface area contributed by atoms with Crippen molar-refractivity contribution in [2.24, 2.45) is 0 Å². The fourth-order valence-corrected chi connectivity index (χ4v) is 2.94. The van der Waals surface area contributed by atoms with Crippen LogP contribution >= 0.6 is 11.3 Å². The SMILES string of the molecule is Cc1c(N)cccc1C(=O)OCc1nc2ccccc2s1. The van der Waals surface area contributed by atoms with Crippen molar-refractivity contribution in [1.82, 2.24) is 4.98 Å². The number of para-hydroxylation sites is 1. The monoisotopic (exact) mass is 298 g/mol. The van der Waals surface area contributed by atoms with Gasteiger partial charge in [0.2, 0.25) is 0 Å². The molecule has 21 heavy (non-hydrogen) atoms. The molecule has 0 atom stereocenters. The van der Waals surface area contributed by atoms with Gasteiger partial charge in [0, 0.05) is 5.69 Å². The summed E-state index contributed by atoms with van der Waals surface area (Å²) in [5.74, 6) is -0.376. The first kappa shape index (κ1) is 13.6. The lowest BCUT2D eigenvalue weighted by molar-refractivity contribution is 0.0472. The number of benzene rings is 2. The van der Waals surface area contributed by atoms with Crippen molar-refractivity contribution in [2.75, 3.05) is 5.73 Å². The highest BCUT2D eigenvalue weighted by atomic mass is 32.1. The average Bonchev–Trinajstić information content (AvgIpc) is 2.90. The van der Waals surface area contributed by atoms with Crippen molar-refractivity contribution in [2.45, 2.75) is 13.5 Å². The number of ether oxygens (including phenoxy) is 1. The summed E-state index contributed by atoms with van der Waals surface area (Å²) in [7, 11) is 0. The van der Waals surface area contributed by atoms with Crippen molar-refractivity contribution in [3.8, 4) is 0 Å². The van der Waals surface area contributed by atoms with E-state index in [0.717, 1.165) is 20.8 Å². The van der Waals surface area contributed by atoms with Crippen LogP contribution in [0, 0.1) is 6.92 Å². The molecule has 0 aliphatic heterocycles. The highest BCUT2D eigenvalue weighted by Crippen LogP contribution is 2.23. The van der Waals surface area contributed by atoms with E-state index in [2.05, 4.69) is 4.98 Å². The van der Waals surface area contributed by atoms with Gasteiger partial charge in [-0.2, -0.15) is 0 Å². The molecule has 3 aromatic rings. The average molecular weight is 298 g/mol. The van der Waals surface area contributed by atoms with Gasteiger partial charge in [0.15, 0.2) is 0 Å². The van der Waals surface area contributed by atoms with Crippen LogP contribution in [0.1, 0.15) is 20.9 Å². The normalized spacial score (nSPS) is 10.7. The Kier molecular flexibility index (Phi) is 3.58. The van der Waals surface area contributed by atoms with Crippen LogP contribution in [0.4, 0.5) is 5.69 Å². The minimum atomic E-state index is -0.376. The molecule has 0 amide bonds. The molecular formula is C16H14N2O2S. The second kappa shape index (κ2) is 5.54. The molecule has 0 radical (unpaired) electrons. The Labute approximate surface area is 126 Å². The van der Waals surface area contributed by atoms with Crippen LogP contribution in [0.15, 0.2) is 42.5 Å². The maximum absolute atomic E-state index is 12.1. The lowest BCUT2D eigenvalue weighted by Crippen LogP contribution is -2.08. The molecule has 3 rings (SSSR count). The van der Waals surface area contributed by atoms with Crippen molar-refractivity contribution < 1.29 is 9.53 Å². The first-order chi connectivity index (χ1) is 10.1. The Morgan fingerprint density at radius 3 is 2.86 bits per heavy atom. The highest BCUT2D eigenvalue weighted by Gasteiger charge is 2.13. The van der Waals surface area contributed by atoms with E-state index in [0.29, 0.717) is 11.3 Å². The lowest BCUT2D eigenvalue weighted by atomic mass is 10.1. The van der Waals surface area contributed by atoms with Crippen LogP contribution in [-0.2, 0) is 11.3 Å². The number of anilines is 1. The van der Waals surface area contributed by atoms with E-state index < -0.39 is 0 Å². The standard InChI is InChI=1S/C16H14N2O2S/c1-10-11(5-4-6-12(10)17)16(19)20-9-15-18-13-7-2-3-8-14(13)21-15/h2-8H,9,17H2,1H3. The van der Waals surface area contributed by atoms with Gasteiger partial charge in [-0.1, -0.05) is 18.2 Å². The van der Waals surface area contributed by atoms with Gasteiger partial charge in [-0.3, -0.25) is 0 Å². The van der Waals surface area contributed by atoms with Gasteiger partial charge in [-0.05, 0) is 36.8 Å². The summed E-state index contributed by atoms with van der Waals surface area (Å²) in [6.07, 6.45) is 0. The number of aromatic nitrogens is 1. The van der Waals surface area contributed by atoms with Gasteiger partial charge in [0.25, 0.3) is 0 Å². The quantitative estimate of drug-likeness (QED) is 0.593. The van der Waals surface area contributed by atoms with Crippen LogP contribution in [0.3, 0.4) is 0 Å². The van der Waals surface area contributed by atoms with E-state index in [4.69, 9.17) is 10.5 Å². The Morgan fingerprint density at radius 2 is 2.05 bits per heavy atom.